The number of nitrogens with one attached hydrogen (secondary N) is 2. The Balaban J connectivity index is 1.81. The molecule has 0 spiro atoms. The van der Waals surface area contributed by atoms with E-state index in [4.69, 9.17) is 16.9 Å². The highest BCUT2D eigenvalue weighted by atomic mass is 35.5. The third-order valence-corrected chi connectivity index (χ3v) is 5.26. The van der Waals surface area contributed by atoms with Gasteiger partial charge < -0.3 is 10.6 Å². The van der Waals surface area contributed by atoms with E-state index in [9.17, 15) is 4.79 Å². The number of pyridine rings is 1. The number of nitriles is 1. The number of anilines is 1. The summed E-state index contributed by atoms with van der Waals surface area (Å²) in [6.45, 7) is 9.60. The van der Waals surface area contributed by atoms with Crippen LogP contribution in [0.2, 0.25) is 5.02 Å². The maximum absolute atomic E-state index is 12.7. The van der Waals surface area contributed by atoms with E-state index in [1.54, 1.807) is 19.1 Å². The molecule has 146 valence electrons. The van der Waals surface area contributed by atoms with Crippen molar-refractivity contribution in [3.8, 4) is 6.07 Å². The Morgan fingerprint density at radius 3 is 2.93 bits per heavy atom. The van der Waals surface area contributed by atoms with E-state index >= 15 is 0 Å². The lowest BCUT2D eigenvalue weighted by atomic mass is 10.0. The molecule has 1 fully saturated rings. The lowest BCUT2D eigenvalue weighted by Crippen LogP contribution is -2.48. The predicted octanol–water partition coefficient (Wildman–Crippen LogP) is 3.27. The summed E-state index contributed by atoms with van der Waals surface area (Å²) in [4.78, 5) is 19.2. The summed E-state index contributed by atoms with van der Waals surface area (Å²) in [6, 6.07) is 7.78. The Kier molecular flexibility index (Phi) is 6.30. The number of carbonyl (C=O) groups is 1. The highest BCUT2D eigenvalue weighted by molar-refractivity contribution is 6.31. The van der Waals surface area contributed by atoms with Crippen molar-refractivity contribution in [2.24, 2.45) is 0 Å². The highest BCUT2D eigenvalue weighted by Crippen LogP contribution is 2.27. The van der Waals surface area contributed by atoms with Crippen LogP contribution in [0.3, 0.4) is 0 Å². The molecule has 0 bridgehead atoms. The Morgan fingerprint density at radius 2 is 2.21 bits per heavy atom. The average Bonchev–Trinajstić information content (AvgIpc) is 2.65. The molecule has 1 aliphatic rings. The van der Waals surface area contributed by atoms with Crippen molar-refractivity contribution in [3.05, 3.63) is 57.4 Å². The van der Waals surface area contributed by atoms with E-state index in [1.807, 2.05) is 13.0 Å². The Morgan fingerprint density at radius 1 is 1.43 bits per heavy atom. The van der Waals surface area contributed by atoms with Crippen molar-refractivity contribution in [2.75, 3.05) is 25.0 Å². The molecule has 1 aromatic carbocycles. The topological polar surface area (TPSA) is 81.1 Å². The van der Waals surface area contributed by atoms with E-state index in [1.165, 1.54) is 6.20 Å². The second kappa shape index (κ2) is 8.70. The van der Waals surface area contributed by atoms with Gasteiger partial charge in [-0.15, -0.1) is 0 Å². The van der Waals surface area contributed by atoms with Gasteiger partial charge in [0.05, 0.1) is 16.8 Å². The largest absolute Gasteiger partial charge is 0.322 e. The monoisotopic (exact) mass is 397 g/mol. The molecule has 0 saturated carbocycles. The highest BCUT2D eigenvalue weighted by Gasteiger charge is 2.18. The summed E-state index contributed by atoms with van der Waals surface area (Å²) in [5, 5.41) is 16.1. The molecule has 0 radical (unpaired) electrons. The van der Waals surface area contributed by atoms with Crippen LogP contribution in [0.5, 0.6) is 0 Å². The number of rotatable bonds is 4. The summed E-state index contributed by atoms with van der Waals surface area (Å²) in [5.74, 6) is -0.309. The number of benzene rings is 1. The van der Waals surface area contributed by atoms with Gasteiger partial charge in [-0.2, -0.15) is 5.26 Å². The summed E-state index contributed by atoms with van der Waals surface area (Å²) >= 11 is 6.33. The molecule has 2 heterocycles. The third kappa shape index (κ3) is 4.68. The number of piperazine rings is 1. The van der Waals surface area contributed by atoms with Gasteiger partial charge in [-0.1, -0.05) is 11.6 Å². The molecule has 2 N–H and O–H groups in total. The van der Waals surface area contributed by atoms with Gasteiger partial charge in [0.2, 0.25) is 0 Å². The number of nitrogens with zero attached hydrogens (tertiary/aromatic N) is 3. The SMILES string of the molecule is Cc1ncc(C(=O)Nc2cc(Cl)cc(CN3CCNC(C)C3)c2C)cc1C#N. The van der Waals surface area contributed by atoms with Gasteiger partial charge in [0.1, 0.15) is 6.07 Å². The van der Waals surface area contributed by atoms with Crippen molar-refractivity contribution in [2.45, 2.75) is 33.4 Å². The third-order valence-electron chi connectivity index (χ3n) is 5.04. The van der Waals surface area contributed by atoms with Gasteiger partial charge in [0, 0.05) is 49.1 Å². The van der Waals surface area contributed by atoms with Crippen molar-refractivity contribution in [1.82, 2.24) is 15.2 Å². The summed E-state index contributed by atoms with van der Waals surface area (Å²) in [6.07, 6.45) is 1.48. The fourth-order valence-corrected chi connectivity index (χ4v) is 3.63. The van der Waals surface area contributed by atoms with Gasteiger partial charge in [-0.3, -0.25) is 14.7 Å². The standard InChI is InChI=1S/C21H24ClN5O/c1-13-11-27(5-4-24-13)12-18-7-19(22)8-20(14(18)2)26-21(28)17-6-16(9-23)15(3)25-10-17/h6-8,10,13,24H,4-5,11-12H2,1-3H3,(H,26,28). The molecular weight excluding hydrogens is 374 g/mol. The van der Waals surface area contributed by atoms with Crippen molar-refractivity contribution >= 4 is 23.2 Å². The van der Waals surface area contributed by atoms with Crippen molar-refractivity contribution in [3.63, 3.8) is 0 Å². The molecule has 2 aromatic rings. The number of aromatic nitrogens is 1. The number of hydrogen-bond donors (Lipinski definition) is 2. The van der Waals surface area contributed by atoms with Crippen molar-refractivity contribution in [1.29, 1.82) is 5.26 Å². The second-order valence-corrected chi connectivity index (χ2v) is 7.69. The Bertz CT molecular complexity index is 937. The quantitative estimate of drug-likeness (QED) is 0.827. The summed E-state index contributed by atoms with van der Waals surface area (Å²) in [5.41, 5.74) is 4.10. The van der Waals surface area contributed by atoms with Crippen LogP contribution >= 0.6 is 11.6 Å². The predicted molar refractivity (Wildman–Crippen MR) is 111 cm³/mol. The zero-order valence-electron chi connectivity index (χ0n) is 16.3. The average molecular weight is 398 g/mol. The van der Waals surface area contributed by atoms with Crippen molar-refractivity contribution < 1.29 is 4.79 Å². The van der Waals surface area contributed by atoms with Crippen LogP contribution in [0.25, 0.3) is 0 Å². The smallest absolute Gasteiger partial charge is 0.257 e. The molecular formula is C21H24ClN5O. The first-order valence-corrected chi connectivity index (χ1v) is 9.68. The lowest BCUT2D eigenvalue weighted by molar-refractivity contribution is 0.102. The fourth-order valence-electron chi connectivity index (χ4n) is 3.39. The van der Waals surface area contributed by atoms with Crippen LogP contribution in [0.15, 0.2) is 24.4 Å². The van der Waals surface area contributed by atoms with Crippen LogP contribution in [0, 0.1) is 25.2 Å². The molecule has 1 atom stereocenters. The van der Waals surface area contributed by atoms with Crippen LogP contribution in [-0.2, 0) is 6.54 Å². The minimum atomic E-state index is -0.309. The molecule has 1 aromatic heterocycles. The fraction of sp³-hybridized carbons (Fsp3) is 0.381. The number of carbonyl (C=O) groups excluding carboxylic acids is 1. The van der Waals surface area contributed by atoms with E-state index in [2.05, 4.69) is 33.5 Å². The number of halogens is 1. The summed E-state index contributed by atoms with van der Waals surface area (Å²) in [7, 11) is 0. The van der Waals surface area contributed by atoms with Crippen LogP contribution in [0.1, 0.15) is 39.7 Å². The van der Waals surface area contributed by atoms with E-state index in [0.29, 0.717) is 33.6 Å². The van der Waals surface area contributed by atoms with E-state index < -0.39 is 0 Å². The van der Waals surface area contributed by atoms with Gasteiger partial charge in [0.25, 0.3) is 5.91 Å². The molecule has 7 heteroatoms. The van der Waals surface area contributed by atoms with Gasteiger partial charge in [0.15, 0.2) is 0 Å². The normalized spacial score (nSPS) is 17.2. The number of hydrogen-bond acceptors (Lipinski definition) is 5. The van der Waals surface area contributed by atoms with E-state index in [-0.39, 0.29) is 5.91 Å². The Labute approximate surface area is 170 Å². The molecule has 3 rings (SSSR count). The minimum Gasteiger partial charge on any atom is -0.322 e. The van der Waals surface area contributed by atoms with Gasteiger partial charge in [-0.05, 0) is 50.1 Å². The number of amides is 1. The van der Waals surface area contributed by atoms with Crippen LogP contribution < -0.4 is 10.6 Å². The first-order chi connectivity index (χ1) is 13.4. The van der Waals surface area contributed by atoms with Crippen LogP contribution in [-0.4, -0.2) is 41.5 Å². The second-order valence-electron chi connectivity index (χ2n) is 7.25. The molecule has 1 unspecified atom stereocenters. The Hall–Kier alpha value is -2.46. The molecule has 6 nitrogen and oxygen atoms in total. The maximum Gasteiger partial charge on any atom is 0.257 e. The molecule has 1 aliphatic heterocycles. The zero-order valence-corrected chi connectivity index (χ0v) is 17.1. The maximum atomic E-state index is 12.7. The first-order valence-electron chi connectivity index (χ1n) is 9.30. The summed E-state index contributed by atoms with van der Waals surface area (Å²) < 4.78 is 0. The minimum absolute atomic E-state index is 0.309. The lowest BCUT2D eigenvalue weighted by Gasteiger charge is -2.32. The number of aryl methyl sites for hydroxylation is 1. The molecule has 1 amide bonds. The van der Waals surface area contributed by atoms with Gasteiger partial charge >= 0.3 is 0 Å². The van der Waals surface area contributed by atoms with Gasteiger partial charge in [-0.25, -0.2) is 0 Å². The molecule has 1 saturated heterocycles. The van der Waals surface area contributed by atoms with E-state index in [0.717, 1.165) is 37.3 Å². The molecule has 28 heavy (non-hydrogen) atoms. The molecule has 0 aliphatic carbocycles. The van der Waals surface area contributed by atoms with Crippen LogP contribution in [0.4, 0.5) is 5.69 Å². The first kappa shape index (κ1) is 20.3. The zero-order chi connectivity index (χ0) is 20.3.